The minimum Gasteiger partial charge on any atom is -0.442 e. The molecule has 0 bridgehead atoms. The minimum absolute atomic E-state index is 0.159. The molecule has 2 rings (SSSR count). The summed E-state index contributed by atoms with van der Waals surface area (Å²) in [6, 6.07) is 5.03. The van der Waals surface area contributed by atoms with E-state index in [1.54, 1.807) is 6.07 Å². The van der Waals surface area contributed by atoms with Gasteiger partial charge in [0.1, 0.15) is 6.07 Å². The Morgan fingerprint density at radius 2 is 2.27 bits per heavy atom. The molecule has 0 atom stereocenters. The minimum atomic E-state index is -0.449. The van der Waals surface area contributed by atoms with Gasteiger partial charge >= 0.3 is 0 Å². The summed E-state index contributed by atoms with van der Waals surface area (Å²) in [6.07, 6.45) is 0.645. The number of nitriles is 1. The summed E-state index contributed by atoms with van der Waals surface area (Å²) in [7, 11) is 0. The Kier molecular flexibility index (Phi) is 2.49. The third-order valence-corrected chi connectivity index (χ3v) is 2.72. The van der Waals surface area contributed by atoms with Crippen LogP contribution in [-0.4, -0.2) is 0 Å². The van der Waals surface area contributed by atoms with Gasteiger partial charge in [-0.2, -0.15) is 5.26 Å². The fourth-order valence-corrected chi connectivity index (χ4v) is 2.05. The van der Waals surface area contributed by atoms with Crippen LogP contribution in [0.4, 0.5) is 4.39 Å². The average Bonchev–Trinajstić information content (AvgIpc) is 2.55. The molecule has 1 aromatic carbocycles. The third kappa shape index (κ3) is 1.53. The molecule has 0 fully saturated rings. The Morgan fingerprint density at radius 1 is 1.53 bits per heavy atom. The van der Waals surface area contributed by atoms with Gasteiger partial charge in [-0.25, -0.2) is 4.39 Å². The van der Waals surface area contributed by atoms with Crippen LogP contribution in [0.15, 0.2) is 21.0 Å². The van der Waals surface area contributed by atoms with Crippen molar-refractivity contribution in [2.45, 2.75) is 13.3 Å². The molecule has 15 heavy (non-hydrogen) atoms. The predicted octanol–water partition coefficient (Wildman–Crippen LogP) is 3.77. The van der Waals surface area contributed by atoms with Gasteiger partial charge in [-0.05, 0) is 18.6 Å². The zero-order valence-electron chi connectivity index (χ0n) is 7.97. The van der Waals surface area contributed by atoms with Crippen molar-refractivity contribution in [2.24, 2.45) is 0 Å². The van der Waals surface area contributed by atoms with Crippen LogP contribution >= 0.6 is 15.9 Å². The van der Waals surface area contributed by atoms with E-state index in [-0.39, 0.29) is 11.3 Å². The first-order valence-corrected chi connectivity index (χ1v) is 5.27. The summed E-state index contributed by atoms with van der Waals surface area (Å²) in [5, 5.41) is 9.50. The molecule has 4 heteroatoms. The Balaban J connectivity index is 2.90. The second kappa shape index (κ2) is 3.67. The largest absolute Gasteiger partial charge is 0.442 e. The Bertz CT molecular complexity index is 568. The topological polar surface area (TPSA) is 36.9 Å². The zero-order chi connectivity index (χ0) is 11.0. The van der Waals surface area contributed by atoms with E-state index in [9.17, 15) is 4.39 Å². The quantitative estimate of drug-likeness (QED) is 0.789. The molecule has 2 aromatic rings. The van der Waals surface area contributed by atoms with Gasteiger partial charge in [-0.3, -0.25) is 0 Å². The smallest absolute Gasteiger partial charge is 0.208 e. The Hall–Kier alpha value is -1.34. The first-order valence-electron chi connectivity index (χ1n) is 4.48. The number of rotatable bonds is 1. The first-order chi connectivity index (χ1) is 7.17. The van der Waals surface area contributed by atoms with Crippen LogP contribution < -0.4 is 0 Å². The molecule has 0 aliphatic heterocycles. The summed E-state index contributed by atoms with van der Waals surface area (Å²) in [5.41, 5.74) is 0.916. The van der Waals surface area contributed by atoms with Crippen molar-refractivity contribution in [1.82, 2.24) is 0 Å². The Morgan fingerprint density at radius 3 is 2.87 bits per heavy atom. The number of aryl methyl sites for hydroxylation is 1. The third-order valence-electron chi connectivity index (χ3n) is 2.27. The average molecular weight is 268 g/mol. The summed E-state index contributed by atoms with van der Waals surface area (Å²) >= 11 is 3.21. The lowest BCUT2D eigenvalue weighted by atomic mass is 10.1. The molecule has 1 aromatic heterocycles. The molecule has 0 radical (unpaired) electrons. The van der Waals surface area contributed by atoms with Gasteiger partial charge in [-0.15, -0.1) is 0 Å². The van der Waals surface area contributed by atoms with E-state index in [0.717, 1.165) is 5.56 Å². The number of benzene rings is 1. The van der Waals surface area contributed by atoms with Gasteiger partial charge in [0.15, 0.2) is 11.4 Å². The zero-order valence-corrected chi connectivity index (χ0v) is 9.56. The SMILES string of the molecule is CCc1c(C#N)oc2c(F)cc(Br)cc12. The van der Waals surface area contributed by atoms with Gasteiger partial charge in [-0.1, -0.05) is 22.9 Å². The van der Waals surface area contributed by atoms with Crippen LogP contribution in [0.1, 0.15) is 18.2 Å². The van der Waals surface area contributed by atoms with Crippen LogP contribution in [0.3, 0.4) is 0 Å². The molecule has 0 spiro atoms. The molecule has 0 saturated carbocycles. The standard InChI is InChI=1S/C11H7BrFNO/c1-2-7-8-3-6(12)4-9(13)11(8)15-10(7)5-14/h3-4H,2H2,1H3. The van der Waals surface area contributed by atoms with Crippen LogP contribution in [0, 0.1) is 17.1 Å². The second-order valence-electron chi connectivity index (χ2n) is 3.14. The van der Waals surface area contributed by atoms with Crippen LogP contribution in [0.25, 0.3) is 11.0 Å². The van der Waals surface area contributed by atoms with Gasteiger partial charge in [0.25, 0.3) is 0 Å². The lowest BCUT2D eigenvalue weighted by Crippen LogP contribution is -1.81. The maximum Gasteiger partial charge on any atom is 0.208 e. The molecular weight excluding hydrogens is 261 g/mol. The van der Waals surface area contributed by atoms with E-state index in [0.29, 0.717) is 16.3 Å². The van der Waals surface area contributed by atoms with Crippen molar-refractivity contribution in [1.29, 1.82) is 5.26 Å². The van der Waals surface area contributed by atoms with Crippen molar-refractivity contribution >= 4 is 26.9 Å². The lowest BCUT2D eigenvalue weighted by Gasteiger charge is -1.94. The number of hydrogen-bond donors (Lipinski definition) is 0. The summed E-state index contributed by atoms with van der Waals surface area (Å²) < 4.78 is 19.3. The van der Waals surface area contributed by atoms with Crippen molar-refractivity contribution in [3.8, 4) is 6.07 Å². The molecule has 0 aliphatic carbocycles. The van der Waals surface area contributed by atoms with E-state index < -0.39 is 5.82 Å². The summed E-state index contributed by atoms with van der Waals surface area (Å²) in [6.45, 7) is 1.91. The summed E-state index contributed by atoms with van der Waals surface area (Å²) in [4.78, 5) is 0. The van der Waals surface area contributed by atoms with Crippen LogP contribution in [0.5, 0.6) is 0 Å². The van der Waals surface area contributed by atoms with E-state index in [1.807, 2.05) is 13.0 Å². The van der Waals surface area contributed by atoms with Gasteiger partial charge in [0, 0.05) is 15.4 Å². The van der Waals surface area contributed by atoms with E-state index in [1.165, 1.54) is 6.07 Å². The second-order valence-corrected chi connectivity index (χ2v) is 4.06. The highest BCUT2D eigenvalue weighted by Gasteiger charge is 2.15. The van der Waals surface area contributed by atoms with Gasteiger partial charge in [0.05, 0.1) is 0 Å². The molecule has 2 nitrogen and oxygen atoms in total. The monoisotopic (exact) mass is 267 g/mol. The number of furan rings is 1. The molecule has 1 heterocycles. The number of fused-ring (bicyclic) bond motifs is 1. The van der Waals surface area contributed by atoms with E-state index >= 15 is 0 Å². The maximum atomic E-state index is 13.5. The van der Waals surface area contributed by atoms with Crippen molar-refractivity contribution in [3.05, 3.63) is 33.7 Å². The van der Waals surface area contributed by atoms with E-state index in [2.05, 4.69) is 15.9 Å². The molecular formula is C11H7BrFNO. The van der Waals surface area contributed by atoms with Gasteiger partial charge in [0.2, 0.25) is 5.76 Å². The Labute approximate surface area is 94.4 Å². The molecule has 0 N–H and O–H groups in total. The highest BCUT2D eigenvalue weighted by Crippen LogP contribution is 2.30. The summed E-state index contributed by atoms with van der Waals surface area (Å²) in [5.74, 6) is -0.250. The van der Waals surface area contributed by atoms with Gasteiger partial charge < -0.3 is 4.42 Å². The number of nitrogens with zero attached hydrogens (tertiary/aromatic N) is 1. The number of hydrogen-bond acceptors (Lipinski definition) is 2. The normalized spacial score (nSPS) is 10.5. The molecule has 0 unspecified atom stereocenters. The van der Waals surface area contributed by atoms with Crippen molar-refractivity contribution < 1.29 is 8.81 Å². The lowest BCUT2D eigenvalue weighted by molar-refractivity contribution is 0.548. The van der Waals surface area contributed by atoms with Crippen molar-refractivity contribution in [2.75, 3.05) is 0 Å². The van der Waals surface area contributed by atoms with E-state index in [4.69, 9.17) is 9.68 Å². The number of halogens is 2. The molecule has 76 valence electrons. The molecule has 0 amide bonds. The highest BCUT2D eigenvalue weighted by atomic mass is 79.9. The first kappa shape index (κ1) is 10.2. The highest BCUT2D eigenvalue weighted by molar-refractivity contribution is 9.10. The molecule has 0 saturated heterocycles. The fourth-order valence-electron chi connectivity index (χ4n) is 1.62. The fraction of sp³-hybridized carbons (Fsp3) is 0.182. The maximum absolute atomic E-state index is 13.5. The predicted molar refractivity (Wildman–Crippen MR) is 58.0 cm³/mol. The van der Waals surface area contributed by atoms with Crippen LogP contribution in [-0.2, 0) is 6.42 Å². The van der Waals surface area contributed by atoms with Crippen molar-refractivity contribution in [3.63, 3.8) is 0 Å². The molecule has 0 aliphatic rings. The van der Waals surface area contributed by atoms with Crippen LogP contribution in [0.2, 0.25) is 0 Å².